The van der Waals surface area contributed by atoms with Gasteiger partial charge in [-0.3, -0.25) is 24.6 Å². The van der Waals surface area contributed by atoms with Gasteiger partial charge in [-0.1, -0.05) is 30.3 Å². The van der Waals surface area contributed by atoms with Crippen molar-refractivity contribution in [3.05, 3.63) is 64.7 Å². The maximum Gasteiger partial charge on any atom is 0.255 e. The maximum absolute atomic E-state index is 13.0. The lowest BCUT2D eigenvalue weighted by Crippen LogP contribution is -2.52. The summed E-state index contributed by atoms with van der Waals surface area (Å²) < 4.78 is 11.8. The molecule has 2 aromatic carbocycles. The monoisotopic (exact) mass is 477 g/mol. The summed E-state index contributed by atoms with van der Waals surface area (Å²) in [7, 11) is 0. The average molecular weight is 478 g/mol. The van der Waals surface area contributed by atoms with Gasteiger partial charge in [-0.2, -0.15) is 0 Å². The van der Waals surface area contributed by atoms with Crippen LogP contribution < -0.4 is 10.1 Å². The number of rotatable bonds is 6. The van der Waals surface area contributed by atoms with Crippen molar-refractivity contribution in [1.29, 1.82) is 0 Å². The minimum absolute atomic E-state index is 0.198. The molecular weight excluding hydrogens is 446 g/mol. The number of carbonyl (C=O) groups is 3. The Labute approximate surface area is 205 Å². The number of fused-ring (bicyclic) bond motifs is 1. The quantitative estimate of drug-likeness (QED) is 0.644. The van der Waals surface area contributed by atoms with E-state index in [1.54, 1.807) is 17.0 Å². The van der Waals surface area contributed by atoms with Crippen LogP contribution in [0.2, 0.25) is 0 Å². The molecule has 2 saturated heterocycles. The molecule has 5 rings (SSSR count). The van der Waals surface area contributed by atoms with E-state index in [-0.39, 0.29) is 18.2 Å². The molecule has 8 heteroatoms. The van der Waals surface area contributed by atoms with Gasteiger partial charge in [0, 0.05) is 36.2 Å². The number of benzene rings is 2. The molecular formula is C27H31N3O5. The van der Waals surface area contributed by atoms with E-state index in [9.17, 15) is 14.4 Å². The topological polar surface area (TPSA) is 88.2 Å². The van der Waals surface area contributed by atoms with Crippen molar-refractivity contribution < 1.29 is 23.9 Å². The lowest BCUT2D eigenvalue weighted by Gasteiger charge is -2.38. The molecule has 0 bridgehead atoms. The lowest BCUT2D eigenvalue weighted by molar-refractivity contribution is -0.136. The van der Waals surface area contributed by atoms with Crippen molar-refractivity contribution in [3.8, 4) is 5.75 Å². The number of morpholine rings is 1. The Morgan fingerprint density at radius 1 is 1.00 bits per heavy atom. The van der Waals surface area contributed by atoms with Gasteiger partial charge in [0.1, 0.15) is 18.4 Å². The Kier molecular flexibility index (Phi) is 6.58. The molecule has 8 nitrogen and oxygen atoms in total. The van der Waals surface area contributed by atoms with Gasteiger partial charge >= 0.3 is 0 Å². The van der Waals surface area contributed by atoms with E-state index in [0.717, 1.165) is 30.9 Å². The third-order valence-corrected chi connectivity index (χ3v) is 7.17. The molecule has 2 aromatic rings. The summed E-state index contributed by atoms with van der Waals surface area (Å²) >= 11 is 0. The van der Waals surface area contributed by atoms with Crippen molar-refractivity contribution in [2.24, 2.45) is 0 Å². The third-order valence-electron chi connectivity index (χ3n) is 7.17. The summed E-state index contributed by atoms with van der Waals surface area (Å²) in [5.74, 6) is -0.258. The molecule has 184 valence electrons. The Hall–Kier alpha value is -3.23. The van der Waals surface area contributed by atoms with Crippen LogP contribution in [0.25, 0.3) is 0 Å². The summed E-state index contributed by atoms with van der Waals surface area (Å²) in [5, 5.41) is 2.34. The van der Waals surface area contributed by atoms with E-state index in [0.29, 0.717) is 43.0 Å². The fourth-order valence-corrected chi connectivity index (χ4v) is 5.15. The van der Waals surface area contributed by atoms with Gasteiger partial charge in [0.2, 0.25) is 11.8 Å². The molecule has 0 radical (unpaired) electrons. The minimum atomic E-state index is -0.634. The van der Waals surface area contributed by atoms with Gasteiger partial charge in [-0.25, -0.2) is 0 Å². The zero-order valence-corrected chi connectivity index (χ0v) is 20.2. The number of carbonyl (C=O) groups excluding carboxylic acids is 3. The summed E-state index contributed by atoms with van der Waals surface area (Å²) in [6, 6.07) is 14.0. The van der Waals surface area contributed by atoms with Gasteiger partial charge < -0.3 is 14.4 Å². The van der Waals surface area contributed by atoms with Gasteiger partial charge in [0.15, 0.2) is 0 Å². The third kappa shape index (κ3) is 4.81. The number of hydrogen-bond donors (Lipinski definition) is 1. The first kappa shape index (κ1) is 23.5. The number of imide groups is 1. The maximum atomic E-state index is 13.0. The van der Waals surface area contributed by atoms with E-state index in [2.05, 4.69) is 48.3 Å². The van der Waals surface area contributed by atoms with E-state index < -0.39 is 11.9 Å². The first-order valence-electron chi connectivity index (χ1n) is 12.2. The molecule has 0 aliphatic carbocycles. The zero-order valence-electron chi connectivity index (χ0n) is 20.2. The molecule has 0 aromatic heterocycles. The molecule has 35 heavy (non-hydrogen) atoms. The summed E-state index contributed by atoms with van der Waals surface area (Å²) in [5.41, 5.74) is 3.63. The second kappa shape index (κ2) is 9.79. The number of hydrogen-bond acceptors (Lipinski definition) is 6. The molecule has 3 heterocycles. The molecule has 3 aliphatic rings. The first-order chi connectivity index (χ1) is 16.9. The van der Waals surface area contributed by atoms with E-state index in [1.165, 1.54) is 5.56 Å². The SMILES string of the molecule is CC1COC[C@H](C)N1Cc1ccc(COc2cccc3c2CN(C2CCC(=O)NC2=O)C3=O)cc1. The molecule has 1 N–H and O–H groups in total. The standard InChI is InChI=1S/C27H31N3O5/c1-17-14-34-15-18(2)29(17)12-19-6-8-20(9-7-19)16-35-24-5-3-4-21-22(24)13-30(27(21)33)23-10-11-25(31)28-26(23)32/h3-9,17-18,23H,10-16H2,1-2H3,(H,28,31,32)/t17-,18?,23?/m0/s1. The first-order valence-corrected chi connectivity index (χ1v) is 12.2. The summed E-state index contributed by atoms with van der Waals surface area (Å²) in [6.45, 7) is 7.49. The molecule has 0 saturated carbocycles. The van der Waals surface area contributed by atoms with Crippen LogP contribution in [0.4, 0.5) is 0 Å². The number of nitrogens with zero attached hydrogens (tertiary/aromatic N) is 2. The van der Waals surface area contributed by atoms with Crippen LogP contribution in [0.15, 0.2) is 42.5 Å². The van der Waals surface area contributed by atoms with Crippen LogP contribution in [0, 0.1) is 0 Å². The van der Waals surface area contributed by atoms with Crippen LogP contribution in [0.1, 0.15) is 53.7 Å². The highest BCUT2D eigenvalue weighted by Gasteiger charge is 2.40. The highest BCUT2D eigenvalue weighted by molar-refractivity contribution is 6.05. The van der Waals surface area contributed by atoms with Crippen molar-refractivity contribution in [1.82, 2.24) is 15.1 Å². The minimum Gasteiger partial charge on any atom is -0.489 e. The Bertz CT molecular complexity index is 1120. The predicted molar refractivity (Wildman–Crippen MR) is 129 cm³/mol. The second-order valence-corrected chi connectivity index (χ2v) is 9.70. The predicted octanol–water partition coefficient (Wildman–Crippen LogP) is 2.64. The van der Waals surface area contributed by atoms with E-state index in [1.807, 2.05) is 6.07 Å². The highest BCUT2D eigenvalue weighted by Crippen LogP contribution is 2.34. The van der Waals surface area contributed by atoms with Gasteiger partial charge in [-0.05, 0) is 43.5 Å². The lowest BCUT2D eigenvalue weighted by atomic mass is 10.0. The zero-order chi connectivity index (χ0) is 24.5. The number of nitrogens with one attached hydrogen (secondary N) is 1. The second-order valence-electron chi connectivity index (χ2n) is 9.70. The Morgan fingerprint density at radius 2 is 1.71 bits per heavy atom. The Morgan fingerprint density at radius 3 is 2.43 bits per heavy atom. The number of amides is 3. The molecule has 2 fully saturated rings. The Balaban J connectivity index is 1.23. The van der Waals surface area contributed by atoms with E-state index in [4.69, 9.17) is 9.47 Å². The molecule has 2 unspecified atom stereocenters. The number of ether oxygens (including phenoxy) is 2. The van der Waals surface area contributed by atoms with E-state index >= 15 is 0 Å². The summed E-state index contributed by atoms with van der Waals surface area (Å²) in [4.78, 5) is 40.8. The highest BCUT2D eigenvalue weighted by atomic mass is 16.5. The van der Waals surface area contributed by atoms with Gasteiger partial charge in [0.25, 0.3) is 5.91 Å². The van der Waals surface area contributed by atoms with Crippen LogP contribution in [-0.4, -0.2) is 58.9 Å². The molecule has 0 spiro atoms. The fourth-order valence-electron chi connectivity index (χ4n) is 5.15. The fraction of sp³-hybridized carbons (Fsp3) is 0.444. The molecule has 3 atom stereocenters. The smallest absolute Gasteiger partial charge is 0.255 e. The van der Waals surface area contributed by atoms with Gasteiger partial charge in [-0.15, -0.1) is 0 Å². The van der Waals surface area contributed by atoms with Crippen LogP contribution in [0.3, 0.4) is 0 Å². The van der Waals surface area contributed by atoms with Crippen molar-refractivity contribution in [2.45, 2.75) is 64.5 Å². The van der Waals surface area contributed by atoms with Gasteiger partial charge in [0.05, 0.1) is 19.8 Å². The molecule has 3 aliphatic heterocycles. The summed E-state index contributed by atoms with van der Waals surface area (Å²) in [6.07, 6.45) is 0.578. The van der Waals surface area contributed by atoms with Crippen LogP contribution in [-0.2, 0) is 34.0 Å². The van der Waals surface area contributed by atoms with Crippen molar-refractivity contribution in [2.75, 3.05) is 13.2 Å². The number of piperidine rings is 1. The van der Waals surface area contributed by atoms with Crippen LogP contribution in [0.5, 0.6) is 5.75 Å². The van der Waals surface area contributed by atoms with Crippen molar-refractivity contribution in [3.63, 3.8) is 0 Å². The van der Waals surface area contributed by atoms with Crippen molar-refractivity contribution >= 4 is 17.7 Å². The average Bonchev–Trinajstić information content (AvgIpc) is 3.18. The normalized spacial score (nSPS) is 24.9. The molecule has 3 amide bonds. The van der Waals surface area contributed by atoms with Crippen LogP contribution >= 0.6 is 0 Å². The largest absolute Gasteiger partial charge is 0.489 e.